The van der Waals surface area contributed by atoms with E-state index in [0.29, 0.717) is 0 Å². The van der Waals surface area contributed by atoms with Crippen molar-refractivity contribution in [2.75, 3.05) is 14.2 Å². The number of aryl methyl sites for hydroxylation is 2. The van der Waals surface area contributed by atoms with Crippen molar-refractivity contribution < 1.29 is 9.15 Å². The quantitative estimate of drug-likeness (QED) is 0.897. The Bertz CT molecular complexity index is 520. The van der Waals surface area contributed by atoms with Gasteiger partial charge >= 0.3 is 0 Å². The van der Waals surface area contributed by atoms with Gasteiger partial charge in [-0.15, -0.1) is 0 Å². The molecule has 0 aliphatic heterocycles. The van der Waals surface area contributed by atoms with E-state index in [9.17, 15) is 0 Å². The predicted molar refractivity (Wildman–Crippen MR) is 72.9 cm³/mol. The molecule has 1 N–H and O–H groups in total. The smallest absolute Gasteiger partial charge is 0.125 e. The Morgan fingerprint density at radius 2 is 1.89 bits per heavy atom. The number of rotatable bonds is 4. The molecule has 0 spiro atoms. The summed E-state index contributed by atoms with van der Waals surface area (Å²) in [4.78, 5) is 0. The lowest BCUT2D eigenvalue weighted by Gasteiger charge is -2.11. The second kappa shape index (κ2) is 5.27. The maximum absolute atomic E-state index is 5.50. The maximum atomic E-state index is 5.50. The highest BCUT2D eigenvalue weighted by Crippen LogP contribution is 2.32. The minimum Gasteiger partial charge on any atom is -0.496 e. The van der Waals surface area contributed by atoms with Crippen LogP contribution in [0.1, 0.15) is 16.9 Å². The molecule has 0 fully saturated rings. The summed E-state index contributed by atoms with van der Waals surface area (Å²) in [6.45, 7) is 4.85. The van der Waals surface area contributed by atoms with Gasteiger partial charge in [-0.05, 0) is 55.8 Å². The van der Waals surface area contributed by atoms with E-state index < -0.39 is 0 Å². The van der Waals surface area contributed by atoms with Crippen molar-refractivity contribution in [3.8, 4) is 16.9 Å². The fraction of sp³-hybridized carbons (Fsp3) is 0.333. The highest BCUT2D eigenvalue weighted by molar-refractivity contribution is 5.69. The molecule has 0 aliphatic carbocycles. The van der Waals surface area contributed by atoms with Crippen LogP contribution in [0.25, 0.3) is 11.1 Å². The van der Waals surface area contributed by atoms with Gasteiger partial charge in [0.1, 0.15) is 11.5 Å². The van der Waals surface area contributed by atoms with E-state index in [2.05, 4.69) is 31.3 Å². The first-order valence-electron chi connectivity index (χ1n) is 6.04. The summed E-state index contributed by atoms with van der Waals surface area (Å²) < 4.78 is 10.9. The highest BCUT2D eigenvalue weighted by atomic mass is 16.5. The van der Waals surface area contributed by atoms with Crippen molar-refractivity contribution >= 4 is 0 Å². The molecule has 0 bridgehead atoms. The van der Waals surface area contributed by atoms with Gasteiger partial charge in [0.05, 0.1) is 19.9 Å². The molecular weight excluding hydrogens is 226 g/mol. The third-order valence-corrected chi connectivity index (χ3v) is 3.06. The highest BCUT2D eigenvalue weighted by Gasteiger charge is 2.11. The Kier molecular flexibility index (Phi) is 3.72. The van der Waals surface area contributed by atoms with Gasteiger partial charge in [-0.2, -0.15) is 0 Å². The first-order chi connectivity index (χ1) is 8.67. The van der Waals surface area contributed by atoms with Crippen molar-refractivity contribution in [2.45, 2.75) is 20.4 Å². The molecule has 0 radical (unpaired) electrons. The van der Waals surface area contributed by atoms with Crippen molar-refractivity contribution in [1.29, 1.82) is 0 Å². The van der Waals surface area contributed by atoms with Gasteiger partial charge in [0.15, 0.2) is 0 Å². The van der Waals surface area contributed by atoms with Gasteiger partial charge < -0.3 is 14.5 Å². The second-order valence-corrected chi connectivity index (χ2v) is 4.43. The van der Waals surface area contributed by atoms with E-state index in [-0.39, 0.29) is 0 Å². The van der Waals surface area contributed by atoms with Crippen molar-refractivity contribution in [2.24, 2.45) is 0 Å². The van der Waals surface area contributed by atoms with Crippen LogP contribution >= 0.6 is 0 Å². The van der Waals surface area contributed by atoms with E-state index in [1.54, 1.807) is 13.4 Å². The summed E-state index contributed by atoms with van der Waals surface area (Å²) in [5.41, 5.74) is 4.59. The molecule has 0 unspecified atom stereocenters. The molecule has 0 saturated heterocycles. The number of ether oxygens (including phenoxy) is 1. The summed E-state index contributed by atoms with van der Waals surface area (Å²) in [5.74, 6) is 1.92. The van der Waals surface area contributed by atoms with Crippen LogP contribution < -0.4 is 10.1 Å². The molecule has 0 amide bonds. The van der Waals surface area contributed by atoms with Gasteiger partial charge in [-0.25, -0.2) is 0 Å². The van der Waals surface area contributed by atoms with E-state index in [0.717, 1.165) is 34.7 Å². The van der Waals surface area contributed by atoms with Crippen LogP contribution in [0.5, 0.6) is 5.75 Å². The van der Waals surface area contributed by atoms with Gasteiger partial charge in [0, 0.05) is 5.56 Å². The van der Waals surface area contributed by atoms with Crippen LogP contribution in [0.2, 0.25) is 0 Å². The average molecular weight is 245 g/mol. The normalized spacial score (nSPS) is 10.7. The van der Waals surface area contributed by atoms with Crippen LogP contribution in [0.4, 0.5) is 0 Å². The van der Waals surface area contributed by atoms with Crippen LogP contribution in [-0.2, 0) is 6.54 Å². The zero-order chi connectivity index (χ0) is 13.1. The molecule has 3 heteroatoms. The van der Waals surface area contributed by atoms with E-state index in [4.69, 9.17) is 9.15 Å². The molecule has 1 heterocycles. The topological polar surface area (TPSA) is 34.4 Å². The lowest BCUT2D eigenvalue weighted by molar-refractivity contribution is 0.408. The molecule has 1 aromatic carbocycles. The zero-order valence-electron chi connectivity index (χ0n) is 11.3. The number of methoxy groups -OCH3 is 1. The molecule has 96 valence electrons. The van der Waals surface area contributed by atoms with Gasteiger partial charge in [-0.1, -0.05) is 0 Å². The molecule has 0 atom stereocenters. The Morgan fingerprint density at radius 1 is 1.22 bits per heavy atom. The first kappa shape index (κ1) is 12.7. The second-order valence-electron chi connectivity index (χ2n) is 4.43. The van der Waals surface area contributed by atoms with Crippen molar-refractivity contribution in [3.05, 3.63) is 41.3 Å². The van der Waals surface area contributed by atoms with Crippen LogP contribution in [-0.4, -0.2) is 14.2 Å². The van der Waals surface area contributed by atoms with Gasteiger partial charge in [0.2, 0.25) is 0 Å². The van der Waals surface area contributed by atoms with Gasteiger partial charge in [-0.3, -0.25) is 0 Å². The van der Waals surface area contributed by atoms with Crippen LogP contribution in [0, 0.1) is 13.8 Å². The molecule has 2 aromatic rings. The third kappa shape index (κ3) is 2.27. The predicted octanol–water partition coefficient (Wildman–Crippen LogP) is 3.29. The number of nitrogens with one attached hydrogen (secondary N) is 1. The summed E-state index contributed by atoms with van der Waals surface area (Å²) in [6.07, 6.45) is 1.73. The first-order valence-corrected chi connectivity index (χ1v) is 6.04. The summed E-state index contributed by atoms with van der Waals surface area (Å²) >= 11 is 0. The van der Waals surface area contributed by atoms with Crippen molar-refractivity contribution in [1.82, 2.24) is 5.32 Å². The molecule has 0 saturated carbocycles. The summed E-state index contributed by atoms with van der Waals surface area (Å²) in [6, 6.07) is 6.28. The molecule has 3 nitrogen and oxygen atoms in total. The lowest BCUT2D eigenvalue weighted by Crippen LogP contribution is -2.05. The minimum absolute atomic E-state index is 0.729. The number of hydrogen-bond donors (Lipinski definition) is 1. The minimum atomic E-state index is 0.729. The largest absolute Gasteiger partial charge is 0.496 e. The molecule has 0 aliphatic rings. The Balaban J connectivity index is 2.48. The Morgan fingerprint density at radius 3 is 2.44 bits per heavy atom. The zero-order valence-corrected chi connectivity index (χ0v) is 11.3. The summed E-state index contributed by atoms with van der Waals surface area (Å²) in [7, 11) is 3.62. The van der Waals surface area contributed by atoms with E-state index in [1.807, 2.05) is 13.1 Å². The van der Waals surface area contributed by atoms with E-state index in [1.165, 1.54) is 5.56 Å². The Labute approximate surface area is 108 Å². The third-order valence-electron chi connectivity index (χ3n) is 3.06. The molecule has 2 rings (SSSR count). The number of hydrogen-bond acceptors (Lipinski definition) is 3. The standard InChI is InChI=1S/C15H19NO2/c1-10-7-12(8-11(2)15(10)17-4)13-5-6-18-14(13)9-16-3/h5-8,16H,9H2,1-4H3. The van der Waals surface area contributed by atoms with Gasteiger partial charge in [0.25, 0.3) is 0 Å². The fourth-order valence-electron chi connectivity index (χ4n) is 2.32. The fourth-order valence-corrected chi connectivity index (χ4v) is 2.32. The van der Waals surface area contributed by atoms with Crippen LogP contribution in [0.3, 0.4) is 0 Å². The number of furan rings is 1. The monoisotopic (exact) mass is 245 g/mol. The van der Waals surface area contributed by atoms with Crippen molar-refractivity contribution in [3.63, 3.8) is 0 Å². The average Bonchev–Trinajstić information content (AvgIpc) is 2.77. The SMILES string of the molecule is CNCc1occc1-c1cc(C)c(OC)c(C)c1. The number of benzene rings is 1. The molecular formula is C15H19NO2. The maximum Gasteiger partial charge on any atom is 0.125 e. The molecule has 18 heavy (non-hydrogen) atoms. The van der Waals surface area contributed by atoms with Crippen LogP contribution in [0.15, 0.2) is 28.9 Å². The summed E-state index contributed by atoms with van der Waals surface area (Å²) in [5, 5.41) is 3.11. The molecule has 1 aromatic heterocycles. The lowest BCUT2D eigenvalue weighted by atomic mass is 10.00. The Hall–Kier alpha value is -1.74. The van der Waals surface area contributed by atoms with E-state index >= 15 is 0 Å².